The molecule has 0 amide bonds. The summed E-state index contributed by atoms with van der Waals surface area (Å²) in [6.07, 6.45) is 3.46. The largest absolute Gasteiger partial charge is 1.00 e. The summed E-state index contributed by atoms with van der Waals surface area (Å²) in [4.78, 5) is 2.61. The summed E-state index contributed by atoms with van der Waals surface area (Å²) < 4.78 is 0. The van der Waals surface area contributed by atoms with Gasteiger partial charge in [0.05, 0.1) is 0 Å². The average Bonchev–Trinajstić information content (AvgIpc) is 2.44. The number of benzene rings is 1. The molecule has 2 rings (SSSR count). The number of likely N-dealkylation sites (tertiary alicyclic amines) is 1. The number of piperidine rings is 1. The summed E-state index contributed by atoms with van der Waals surface area (Å²) in [7, 11) is 0. The molecule has 1 saturated heterocycles. The molecule has 0 aromatic heterocycles. The van der Waals surface area contributed by atoms with E-state index in [1.165, 1.54) is 26.1 Å². The van der Waals surface area contributed by atoms with E-state index in [9.17, 15) is 0 Å². The summed E-state index contributed by atoms with van der Waals surface area (Å²) in [5, 5.41) is 0. The Kier molecular flexibility index (Phi) is 11.8. The first-order valence-electron chi connectivity index (χ1n) is 8.49. The Balaban J connectivity index is 0.000000460. The Bertz CT molecular complexity index is 391. The van der Waals surface area contributed by atoms with E-state index >= 15 is 0 Å². The van der Waals surface area contributed by atoms with Crippen molar-refractivity contribution in [3.05, 3.63) is 43.7 Å². The molecule has 2 N–H and O–H groups in total. The van der Waals surface area contributed by atoms with Crippen LogP contribution in [0.1, 0.15) is 38.7 Å². The van der Waals surface area contributed by atoms with Gasteiger partial charge in [-0.2, -0.15) is 36.6 Å². The van der Waals surface area contributed by atoms with Crippen molar-refractivity contribution in [2.75, 3.05) is 25.4 Å². The smallest absolute Gasteiger partial charge is 0.420 e. The number of rotatable bonds is 4. The minimum absolute atomic E-state index is 0. The molecule has 0 spiro atoms. The summed E-state index contributed by atoms with van der Waals surface area (Å²) >= 11 is 0. The number of anilines is 1. The maximum atomic E-state index is 5.40. The average molecular weight is 308 g/mol. The van der Waals surface area contributed by atoms with Crippen LogP contribution in [0.15, 0.2) is 18.2 Å². The monoisotopic (exact) mass is 308 g/mol. The number of nitrogens with two attached hydrogens (primary N) is 1. The molecule has 1 aromatic rings. The first-order valence-corrected chi connectivity index (χ1v) is 8.49. The van der Waals surface area contributed by atoms with Crippen molar-refractivity contribution in [2.45, 2.75) is 40.0 Å². The van der Waals surface area contributed by atoms with Crippen molar-refractivity contribution < 1.29 is 18.9 Å². The van der Waals surface area contributed by atoms with Gasteiger partial charge in [-0.3, -0.25) is 0 Å². The molecule has 1 heterocycles. The fourth-order valence-electron chi connectivity index (χ4n) is 3.24. The van der Waals surface area contributed by atoms with E-state index in [-0.39, 0.29) is 18.9 Å². The summed E-state index contributed by atoms with van der Waals surface area (Å²) in [5.41, 5.74) is 7.20. The molecule has 0 bridgehead atoms. The van der Waals surface area contributed by atoms with Crippen LogP contribution in [0.25, 0.3) is 0 Å². The van der Waals surface area contributed by atoms with Crippen LogP contribution in [0.2, 0.25) is 0 Å². The topological polar surface area (TPSA) is 29.3 Å². The van der Waals surface area contributed by atoms with Gasteiger partial charge in [-0.25, -0.2) is 0 Å². The predicted molar refractivity (Wildman–Crippen MR) is 97.3 cm³/mol. The van der Waals surface area contributed by atoms with E-state index in [4.69, 9.17) is 5.73 Å². The molecule has 1 aliphatic rings. The Hall–Kier alpha value is -0.423. The molecular weight excluding hydrogens is 275 g/mol. The molecule has 1 fully saturated rings. The zero-order valence-corrected chi connectivity index (χ0v) is 15.6. The first-order chi connectivity index (χ1) is 10.4. The molecule has 2 atom stereocenters. The third kappa shape index (κ3) is 9.45. The second kappa shape index (κ2) is 12.0. The summed E-state index contributed by atoms with van der Waals surface area (Å²) in [6, 6.07) is 8.66. The van der Waals surface area contributed by atoms with Gasteiger partial charge in [-0.1, -0.05) is 32.4 Å². The van der Waals surface area contributed by atoms with Crippen LogP contribution >= 0.6 is 0 Å². The maximum absolute atomic E-state index is 5.40. The van der Waals surface area contributed by atoms with Gasteiger partial charge in [0, 0.05) is 13.1 Å². The van der Waals surface area contributed by atoms with Crippen LogP contribution in [0.5, 0.6) is 0 Å². The van der Waals surface area contributed by atoms with E-state index < -0.39 is 0 Å². The first kappa shape index (κ1) is 22.6. The molecule has 2 nitrogen and oxygen atoms in total. The number of aryl methyl sites for hydroxylation is 1. The van der Waals surface area contributed by atoms with Gasteiger partial charge in [-0.15, -0.1) is 6.07 Å². The van der Waals surface area contributed by atoms with E-state index in [0.29, 0.717) is 11.6 Å². The van der Waals surface area contributed by atoms with Gasteiger partial charge in [0.1, 0.15) is 0 Å². The molecule has 0 unspecified atom stereocenters. The van der Waals surface area contributed by atoms with Crippen LogP contribution in [0, 0.1) is 44.6 Å². The van der Waals surface area contributed by atoms with Crippen molar-refractivity contribution >= 4 is 5.69 Å². The molecule has 0 radical (unpaired) electrons. The van der Waals surface area contributed by atoms with E-state index in [0.717, 1.165) is 30.2 Å². The standard InChI is InChI=1S/C13H25N.C7H8N.Li/c1-5-13(6-2)10-14-8-11(3)7-12(4)9-14;1-6-3-2-4-7(8)5-6;/h11-13H,1-2,5-10H2,3-4H3;2-4H,8H2,1H3;/q-2;-1;+1/t11-,12-;;/m1../s1. The zero-order valence-electron chi connectivity index (χ0n) is 15.6. The molecule has 0 saturated carbocycles. The Morgan fingerprint density at radius 1 is 1.22 bits per heavy atom. The maximum Gasteiger partial charge on any atom is 1.00 e. The number of nitrogen functional groups attached to an aromatic ring is 1. The Morgan fingerprint density at radius 2 is 1.78 bits per heavy atom. The van der Waals surface area contributed by atoms with Crippen molar-refractivity contribution in [1.82, 2.24) is 4.90 Å². The normalized spacial score (nSPS) is 21.3. The van der Waals surface area contributed by atoms with E-state index in [1.54, 1.807) is 0 Å². The van der Waals surface area contributed by atoms with Crippen LogP contribution in [0.3, 0.4) is 0 Å². The third-order valence-corrected chi connectivity index (χ3v) is 4.24. The second-order valence-corrected chi connectivity index (χ2v) is 6.90. The van der Waals surface area contributed by atoms with Crippen molar-refractivity contribution in [1.29, 1.82) is 0 Å². The van der Waals surface area contributed by atoms with Gasteiger partial charge in [0.15, 0.2) is 0 Å². The quantitative estimate of drug-likeness (QED) is 0.518. The van der Waals surface area contributed by atoms with Gasteiger partial charge in [-0.05, 0) is 24.8 Å². The predicted octanol–water partition coefficient (Wildman–Crippen LogP) is 1.41. The molecule has 1 aromatic carbocycles. The van der Waals surface area contributed by atoms with Gasteiger partial charge < -0.3 is 24.5 Å². The molecular formula is C20H33LiN2-2. The third-order valence-electron chi connectivity index (χ3n) is 4.24. The van der Waals surface area contributed by atoms with Gasteiger partial charge in [0.25, 0.3) is 0 Å². The SMILES string of the molecule is Cc1[c-]c(N)ccc1.[CH2-]CC(C[CH2-])CN1C[C@H](C)C[C@@H](C)C1.[Li+]. The molecule has 3 heteroatoms. The summed E-state index contributed by atoms with van der Waals surface area (Å²) in [6.45, 7) is 18.5. The van der Waals surface area contributed by atoms with Crippen molar-refractivity contribution in [3.8, 4) is 0 Å². The second-order valence-electron chi connectivity index (χ2n) is 6.90. The molecule has 126 valence electrons. The fraction of sp³-hybridized carbons (Fsp3) is 0.600. The fourth-order valence-corrected chi connectivity index (χ4v) is 3.24. The minimum atomic E-state index is 0. The van der Waals surface area contributed by atoms with Gasteiger partial charge in [0.2, 0.25) is 0 Å². The minimum Gasteiger partial charge on any atom is -0.420 e. The van der Waals surface area contributed by atoms with Crippen molar-refractivity contribution in [3.63, 3.8) is 0 Å². The zero-order chi connectivity index (χ0) is 16.5. The number of hydrogen-bond acceptors (Lipinski definition) is 2. The number of nitrogens with zero attached hydrogens (tertiary/aromatic N) is 1. The van der Waals surface area contributed by atoms with E-state index in [2.05, 4.69) is 38.7 Å². The van der Waals surface area contributed by atoms with E-state index in [1.807, 2.05) is 25.1 Å². The number of hydrogen-bond donors (Lipinski definition) is 1. The Labute approximate surface area is 156 Å². The van der Waals surface area contributed by atoms with Gasteiger partial charge >= 0.3 is 18.9 Å². The molecule has 1 aliphatic heterocycles. The van der Waals surface area contributed by atoms with Crippen LogP contribution in [-0.2, 0) is 0 Å². The van der Waals surface area contributed by atoms with Crippen LogP contribution < -0.4 is 24.6 Å². The van der Waals surface area contributed by atoms with Crippen LogP contribution in [-0.4, -0.2) is 24.5 Å². The molecule has 23 heavy (non-hydrogen) atoms. The Morgan fingerprint density at radius 3 is 2.17 bits per heavy atom. The van der Waals surface area contributed by atoms with Crippen molar-refractivity contribution in [2.24, 2.45) is 17.8 Å². The molecule has 0 aliphatic carbocycles. The van der Waals surface area contributed by atoms with Crippen LogP contribution in [0.4, 0.5) is 5.69 Å². The summed E-state index contributed by atoms with van der Waals surface area (Å²) in [5.74, 6) is 2.44.